The number of nitrogens with one attached hydrogen (secondary N) is 2. The highest BCUT2D eigenvalue weighted by Crippen LogP contribution is 2.27. The summed E-state index contributed by atoms with van der Waals surface area (Å²) in [5.74, 6) is 0.589. The summed E-state index contributed by atoms with van der Waals surface area (Å²) in [7, 11) is 0. The Labute approximate surface area is 118 Å². The smallest absolute Gasteiger partial charge is 0.227 e. The first kappa shape index (κ1) is 11.9. The Morgan fingerprint density at radius 3 is 2.89 bits per heavy atom. The third-order valence-corrected chi connectivity index (χ3v) is 4.35. The summed E-state index contributed by atoms with van der Waals surface area (Å²) in [5, 5.41) is 0.865. The zero-order valence-corrected chi connectivity index (χ0v) is 12.0. The van der Waals surface area contributed by atoms with E-state index in [1.54, 1.807) is 0 Å². The van der Waals surface area contributed by atoms with Crippen molar-refractivity contribution in [1.82, 2.24) is 9.97 Å². The Morgan fingerprint density at radius 2 is 2.17 bits per heavy atom. The van der Waals surface area contributed by atoms with Gasteiger partial charge in [0, 0.05) is 24.0 Å². The van der Waals surface area contributed by atoms with Crippen molar-refractivity contribution < 1.29 is 4.79 Å². The molecule has 4 nitrogen and oxygen atoms in total. The van der Waals surface area contributed by atoms with E-state index in [0.29, 0.717) is 17.1 Å². The van der Waals surface area contributed by atoms with E-state index in [1.807, 2.05) is 23.1 Å². The molecule has 1 amide bonds. The largest absolute Gasteiger partial charge is 0.331 e. The van der Waals surface area contributed by atoms with Crippen LogP contribution < -0.4 is 4.90 Å². The van der Waals surface area contributed by atoms with Crippen LogP contribution in [0.1, 0.15) is 6.42 Å². The standard InChI is InChI=1S/C12H12BrN3OS/c13-5-7-3-11(17)16(6-7)8-1-2-9-10(4-8)15-12(18)14-9/h1-2,4,7H,3,5-6H2,(H2,14,15,18). The Kier molecular flexibility index (Phi) is 2.99. The number of aromatic nitrogens is 2. The Morgan fingerprint density at radius 1 is 1.39 bits per heavy atom. The van der Waals surface area contributed by atoms with Gasteiger partial charge in [0.25, 0.3) is 0 Å². The van der Waals surface area contributed by atoms with Gasteiger partial charge in [0.2, 0.25) is 5.91 Å². The summed E-state index contributed by atoms with van der Waals surface area (Å²) in [6.45, 7) is 0.779. The van der Waals surface area contributed by atoms with Crippen LogP contribution in [0, 0.1) is 10.7 Å². The molecule has 1 atom stereocenters. The fraction of sp³-hybridized carbons (Fsp3) is 0.333. The van der Waals surface area contributed by atoms with Gasteiger partial charge >= 0.3 is 0 Å². The van der Waals surface area contributed by atoms with Gasteiger partial charge in [-0.2, -0.15) is 0 Å². The number of carbonyl (C=O) groups excluding carboxylic acids is 1. The molecule has 2 N–H and O–H groups in total. The van der Waals surface area contributed by atoms with E-state index in [2.05, 4.69) is 25.9 Å². The van der Waals surface area contributed by atoms with E-state index < -0.39 is 0 Å². The number of hydrogen-bond donors (Lipinski definition) is 2. The average molecular weight is 326 g/mol. The number of alkyl halides is 1. The summed E-state index contributed by atoms with van der Waals surface area (Å²) in [5.41, 5.74) is 2.83. The van der Waals surface area contributed by atoms with Gasteiger partial charge in [-0.3, -0.25) is 4.79 Å². The van der Waals surface area contributed by atoms with Crippen LogP contribution >= 0.6 is 28.1 Å². The number of aromatic amines is 2. The quantitative estimate of drug-likeness (QED) is 0.658. The first-order valence-corrected chi connectivity index (χ1v) is 7.29. The lowest BCUT2D eigenvalue weighted by atomic mass is 10.2. The second-order valence-corrected chi connectivity index (χ2v) is 5.59. The van der Waals surface area contributed by atoms with Gasteiger partial charge in [-0.25, -0.2) is 0 Å². The maximum absolute atomic E-state index is 12.0. The van der Waals surface area contributed by atoms with Crippen molar-refractivity contribution in [2.24, 2.45) is 5.92 Å². The van der Waals surface area contributed by atoms with E-state index in [-0.39, 0.29) is 5.91 Å². The summed E-state index contributed by atoms with van der Waals surface area (Å²) in [6.07, 6.45) is 0.617. The monoisotopic (exact) mass is 325 g/mol. The van der Waals surface area contributed by atoms with Gasteiger partial charge < -0.3 is 14.9 Å². The molecule has 0 bridgehead atoms. The molecule has 0 saturated carbocycles. The number of rotatable bonds is 2. The molecule has 2 heterocycles. The van der Waals surface area contributed by atoms with Crippen molar-refractivity contribution in [3.05, 3.63) is 23.0 Å². The molecule has 6 heteroatoms. The van der Waals surface area contributed by atoms with Crippen LogP contribution in [-0.2, 0) is 4.79 Å². The third kappa shape index (κ3) is 1.99. The Balaban J connectivity index is 1.99. The number of amides is 1. The molecule has 0 spiro atoms. The molecule has 1 aliphatic heterocycles. The van der Waals surface area contributed by atoms with Crippen LogP contribution in [0.4, 0.5) is 5.69 Å². The molecule has 1 aliphatic rings. The number of anilines is 1. The van der Waals surface area contributed by atoms with E-state index in [9.17, 15) is 4.79 Å². The lowest BCUT2D eigenvalue weighted by Gasteiger charge is -2.16. The van der Waals surface area contributed by atoms with Crippen LogP contribution in [0.3, 0.4) is 0 Å². The highest BCUT2D eigenvalue weighted by molar-refractivity contribution is 9.09. The number of halogens is 1. The van der Waals surface area contributed by atoms with Crippen molar-refractivity contribution in [2.75, 3.05) is 16.8 Å². The van der Waals surface area contributed by atoms with Gasteiger partial charge in [0.05, 0.1) is 11.0 Å². The van der Waals surface area contributed by atoms with Crippen molar-refractivity contribution in [3.8, 4) is 0 Å². The van der Waals surface area contributed by atoms with Gasteiger partial charge in [-0.05, 0) is 36.3 Å². The maximum Gasteiger partial charge on any atom is 0.227 e. The predicted octanol–water partition coefficient (Wildman–Crippen LogP) is 2.97. The minimum absolute atomic E-state index is 0.188. The topological polar surface area (TPSA) is 51.9 Å². The van der Waals surface area contributed by atoms with E-state index in [1.165, 1.54) is 0 Å². The molecule has 1 aromatic heterocycles. The molecule has 18 heavy (non-hydrogen) atoms. The molecule has 2 aromatic rings. The molecule has 94 valence electrons. The first-order chi connectivity index (χ1) is 8.67. The first-order valence-electron chi connectivity index (χ1n) is 5.76. The van der Waals surface area contributed by atoms with Crippen LogP contribution in [0.5, 0.6) is 0 Å². The zero-order valence-electron chi connectivity index (χ0n) is 9.57. The molecule has 1 fully saturated rings. The molecular formula is C12H12BrN3OS. The number of benzene rings is 1. The summed E-state index contributed by atoms with van der Waals surface area (Å²) < 4.78 is 0.605. The average Bonchev–Trinajstić information content (AvgIpc) is 2.89. The van der Waals surface area contributed by atoms with E-state index >= 15 is 0 Å². The molecule has 0 radical (unpaired) electrons. The highest BCUT2D eigenvalue weighted by atomic mass is 79.9. The summed E-state index contributed by atoms with van der Waals surface area (Å²) in [6, 6.07) is 5.87. The second kappa shape index (κ2) is 4.51. The predicted molar refractivity (Wildman–Crippen MR) is 77.7 cm³/mol. The fourth-order valence-corrected chi connectivity index (χ4v) is 2.98. The van der Waals surface area contributed by atoms with E-state index in [0.717, 1.165) is 28.6 Å². The third-order valence-electron chi connectivity index (χ3n) is 3.23. The van der Waals surface area contributed by atoms with Crippen LogP contribution in [0.2, 0.25) is 0 Å². The summed E-state index contributed by atoms with van der Waals surface area (Å²) >= 11 is 8.50. The lowest BCUT2D eigenvalue weighted by molar-refractivity contribution is -0.117. The number of imidazole rings is 1. The van der Waals surface area contributed by atoms with Gasteiger partial charge in [0.15, 0.2) is 4.77 Å². The lowest BCUT2D eigenvalue weighted by Crippen LogP contribution is -2.24. The highest BCUT2D eigenvalue weighted by Gasteiger charge is 2.29. The number of nitrogens with zero attached hydrogens (tertiary/aromatic N) is 1. The normalized spacial score (nSPS) is 19.9. The number of H-pyrrole nitrogens is 2. The molecule has 1 aromatic carbocycles. The molecule has 3 rings (SSSR count). The minimum atomic E-state index is 0.188. The van der Waals surface area contributed by atoms with Crippen LogP contribution in [0.15, 0.2) is 18.2 Å². The number of fused-ring (bicyclic) bond motifs is 1. The van der Waals surface area contributed by atoms with Crippen molar-refractivity contribution in [2.45, 2.75) is 6.42 Å². The molecular weight excluding hydrogens is 314 g/mol. The Hall–Kier alpha value is -1.14. The van der Waals surface area contributed by atoms with Crippen LogP contribution in [-0.4, -0.2) is 27.7 Å². The zero-order chi connectivity index (χ0) is 12.7. The number of hydrogen-bond acceptors (Lipinski definition) is 2. The summed E-state index contributed by atoms with van der Waals surface area (Å²) in [4.78, 5) is 19.9. The van der Waals surface area contributed by atoms with Crippen molar-refractivity contribution >= 4 is 50.8 Å². The second-order valence-electron chi connectivity index (χ2n) is 4.54. The van der Waals surface area contributed by atoms with Crippen molar-refractivity contribution in [3.63, 3.8) is 0 Å². The Bertz CT molecular complexity index is 663. The SMILES string of the molecule is O=C1CC(CBr)CN1c1ccc2[nH]c(=S)[nH]c2c1. The van der Waals surface area contributed by atoms with Gasteiger partial charge in [-0.15, -0.1) is 0 Å². The molecule has 0 aliphatic carbocycles. The fourth-order valence-electron chi connectivity index (χ4n) is 2.32. The minimum Gasteiger partial charge on any atom is -0.331 e. The van der Waals surface area contributed by atoms with Crippen LogP contribution in [0.25, 0.3) is 11.0 Å². The van der Waals surface area contributed by atoms with Gasteiger partial charge in [0.1, 0.15) is 0 Å². The maximum atomic E-state index is 12.0. The van der Waals surface area contributed by atoms with Crippen molar-refractivity contribution in [1.29, 1.82) is 0 Å². The van der Waals surface area contributed by atoms with Gasteiger partial charge in [-0.1, -0.05) is 15.9 Å². The number of carbonyl (C=O) groups is 1. The van der Waals surface area contributed by atoms with E-state index in [4.69, 9.17) is 12.2 Å². The molecule has 1 saturated heterocycles. The molecule has 1 unspecified atom stereocenters.